The summed E-state index contributed by atoms with van der Waals surface area (Å²) in [4.78, 5) is 0. The molecule has 0 aliphatic carbocycles. The van der Waals surface area contributed by atoms with Crippen molar-refractivity contribution in [2.24, 2.45) is 0 Å². The van der Waals surface area contributed by atoms with Crippen molar-refractivity contribution in [3.05, 3.63) is 35.9 Å². The quantitative estimate of drug-likeness (QED) is 0.605. The average molecular weight is 234 g/mol. The van der Waals surface area contributed by atoms with Gasteiger partial charge in [-0.05, 0) is 46.0 Å². The molecule has 0 aliphatic rings. The highest BCUT2D eigenvalue weighted by atomic mass is 16.5. The van der Waals surface area contributed by atoms with E-state index in [2.05, 4.69) is 24.3 Å². The fraction of sp³-hybridized carbons (Fsp3) is 0.571. The molecule has 0 radical (unpaired) electrons. The van der Waals surface area contributed by atoms with Crippen LogP contribution in [0, 0.1) is 0 Å². The van der Waals surface area contributed by atoms with Gasteiger partial charge in [-0.2, -0.15) is 0 Å². The number of hydrogen-bond acceptors (Lipinski definition) is 2. The van der Waals surface area contributed by atoms with Gasteiger partial charge in [-0.1, -0.05) is 30.3 Å². The summed E-state index contributed by atoms with van der Waals surface area (Å²) in [6.07, 6.45) is 1.99. The van der Waals surface area contributed by atoms with Crippen LogP contribution in [-0.4, -0.2) is 23.8 Å². The van der Waals surface area contributed by atoms with E-state index in [1.807, 2.05) is 19.9 Å². The zero-order valence-corrected chi connectivity index (χ0v) is 11.4. The van der Waals surface area contributed by atoms with E-state index in [-0.39, 0.29) is 0 Å². The highest BCUT2D eigenvalue weighted by Crippen LogP contribution is 2.24. The van der Waals surface area contributed by atoms with Crippen LogP contribution < -0.4 is 0 Å². The van der Waals surface area contributed by atoms with E-state index in [4.69, 9.17) is 4.65 Å². The van der Waals surface area contributed by atoms with Crippen molar-refractivity contribution in [3.8, 4) is 0 Å². The second-order valence-electron chi connectivity index (χ2n) is 5.51. The van der Waals surface area contributed by atoms with E-state index in [9.17, 15) is 5.11 Å². The molecule has 94 valence electrons. The van der Waals surface area contributed by atoms with E-state index in [1.54, 1.807) is 13.8 Å². The summed E-state index contributed by atoms with van der Waals surface area (Å²) >= 11 is 0. The molecule has 0 bridgehead atoms. The first kappa shape index (κ1) is 14.3. The summed E-state index contributed by atoms with van der Waals surface area (Å²) in [7, 11) is 0.673. The van der Waals surface area contributed by atoms with E-state index in [0.717, 1.165) is 12.7 Å². The Labute approximate surface area is 105 Å². The van der Waals surface area contributed by atoms with Gasteiger partial charge < -0.3 is 9.76 Å². The lowest BCUT2D eigenvalue weighted by atomic mass is 9.84. The predicted octanol–water partition coefficient (Wildman–Crippen LogP) is 2.57. The summed E-state index contributed by atoms with van der Waals surface area (Å²) in [5, 5.41) is 9.94. The van der Waals surface area contributed by atoms with Crippen LogP contribution in [0.2, 0.25) is 6.32 Å². The molecule has 0 aliphatic heterocycles. The molecule has 17 heavy (non-hydrogen) atoms. The highest BCUT2D eigenvalue weighted by molar-refractivity contribution is 6.27. The third-order valence-electron chi connectivity index (χ3n) is 3.39. The highest BCUT2D eigenvalue weighted by Gasteiger charge is 2.35. The van der Waals surface area contributed by atoms with Crippen molar-refractivity contribution in [1.29, 1.82) is 0 Å². The van der Waals surface area contributed by atoms with Crippen LogP contribution in [0.5, 0.6) is 0 Å². The normalized spacial score (nSPS) is 12.5. The van der Waals surface area contributed by atoms with Crippen molar-refractivity contribution in [1.82, 2.24) is 0 Å². The molecular formula is C14H23BO2. The molecule has 1 rings (SSSR count). The molecule has 0 unspecified atom stereocenters. The van der Waals surface area contributed by atoms with Crippen molar-refractivity contribution in [2.75, 3.05) is 0 Å². The number of benzene rings is 1. The van der Waals surface area contributed by atoms with Crippen LogP contribution in [0.4, 0.5) is 0 Å². The molecule has 1 aromatic carbocycles. The fourth-order valence-electron chi connectivity index (χ4n) is 1.42. The standard InChI is InChI=1S/C14H23BO2/c1-13(2,16)14(3,4)17-15-11-10-12-8-6-5-7-9-12/h5-9,15-16H,10-11H2,1-4H3. The molecular weight excluding hydrogens is 211 g/mol. The van der Waals surface area contributed by atoms with Crippen LogP contribution in [0.3, 0.4) is 0 Å². The van der Waals surface area contributed by atoms with Gasteiger partial charge in [0.2, 0.25) is 0 Å². The van der Waals surface area contributed by atoms with Gasteiger partial charge in [-0.25, -0.2) is 0 Å². The zero-order chi connectivity index (χ0) is 12.9. The van der Waals surface area contributed by atoms with Gasteiger partial charge >= 0.3 is 0 Å². The van der Waals surface area contributed by atoms with Gasteiger partial charge in [0.1, 0.15) is 0 Å². The lowest BCUT2D eigenvalue weighted by Gasteiger charge is -2.37. The van der Waals surface area contributed by atoms with E-state index in [0.29, 0.717) is 7.48 Å². The Morgan fingerprint density at radius 2 is 1.71 bits per heavy atom. The first-order valence-electron chi connectivity index (χ1n) is 6.23. The SMILES string of the molecule is CC(C)(O)C(C)(C)OBCCc1ccccc1. The van der Waals surface area contributed by atoms with Crippen molar-refractivity contribution in [2.45, 2.75) is 51.6 Å². The lowest BCUT2D eigenvalue weighted by Crippen LogP contribution is -2.48. The molecule has 0 saturated carbocycles. The summed E-state index contributed by atoms with van der Waals surface area (Å²) in [6, 6.07) is 10.4. The zero-order valence-electron chi connectivity index (χ0n) is 11.4. The molecule has 2 nitrogen and oxygen atoms in total. The first-order chi connectivity index (χ1) is 7.83. The third-order valence-corrected chi connectivity index (χ3v) is 3.39. The minimum absolute atomic E-state index is 0.510. The van der Waals surface area contributed by atoms with E-state index in [1.165, 1.54) is 5.56 Å². The van der Waals surface area contributed by atoms with Crippen LogP contribution in [0.25, 0.3) is 0 Å². The van der Waals surface area contributed by atoms with E-state index < -0.39 is 11.2 Å². The van der Waals surface area contributed by atoms with E-state index >= 15 is 0 Å². The molecule has 0 aromatic heterocycles. The summed E-state index contributed by atoms with van der Waals surface area (Å²) in [5.74, 6) is 0. The Bertz CT molecular complexity index is 328. The van der Waals surface area contributed by atoms with Crippen molar-refractivity contribution < 1.29 is 9.76 Å². The van der Waals surface area contributed by atoms with Crippen molar-refractivity contribution >= 4 is 7.48 Å². The van der Waals surface area contributed by atoms with Crippen LogP contribution in [-0.2, 0) is 11.1 Å². The molecule has 0 saturated heterocycles. The molecule has 3 heteroatoms. The molecule has 0 atom stereocenters. The average Bonchev–Trinajstić information content (AvgIpc) is 2.24. The third kappa shape index (κ3) is 4.53. The van der Waals surface area contributed by atoms with Crippen LogP contribution >= 0.6 is 0 Å². The Morgan fingerprint density at radius 3 is 2.24 bits per heavy atom. The minimum Gasteiger partial charge on any atom is -0.432 e. The molecule has 0 spiro atoms. The summed E-state index contributed by atoms with van der Waals surface area (Å²) in [5.41, 5.74) is 0.000782. The van der Waals surface area contributed by atoms with Crippen molar-refractivity contribution in [3.63, 3.8) is 0 Å². The lowest BCUT2D eigenvalue weighted by molar-refractivity contribution is -0.0903. The van der Waals surface area contributed by atoms with Crippen LogP contribution in [0.1, 0.15) is 33.3 Å². The monoisotopic (exact) mass is 234 g/mol. The van der Waals surface area contributed by atoms with Gasteiger partial charge in [0, 0.05) is 0 Å². The Morgan fingerprint density at radius 1 is 1.12 bits per heavy atom. The second-order valence-corrected chi connectivity index (χ2v) is 5.51. The number of hydrogen-bond donors (Lipinski definition) is 1. The van der Waals surface area contributed by atoms with Gasteiger partial charge in [0.15, 0.2) is 0 Å². The van der Waals surface area contributed by atoms with Gasteiger partial charge in [0.05, 0.1) is 11.2 Å². The summed E-state index contributed by atoms with van der Waals surface area (Å²) < 4.78 is 5.77. The van der Waals surface area contributed by atoms with Crippen LogP contribution in [0.15, 0.2) is 30.3 Å². The number of aliphatic hydroxyl groups is 1. The maximum absolute atomic E-state index is 9.94. The molecule has 0 heterocycles. The number of aryl methyl sites for hydroxylation is 1. The Hall–Kier alpha value is -0.795. The Kier molecular flexibility index (Phi) is 4.78. The van der Waals surface area contributed by atoms with Gasteiger partial charge in [-0.15, -0.1) is 0 Å². The topological polar surface area (TPSA) is 29.5 Å². The second kappa shape index (κ2) is 5.70. The maximum atomic E-state index is 9.94. The maximum Gasteiger partial charge on any atom is 0.276 e. The van der Waals surface area contributed by atoms with Gasteiger partial charge in [-0.3, -0.25) is 0 Å². The largest absolute Gasteiger partial charge is 0.432 e. The number of rotatable bonds is 6. The minimum atomic E-state index is -0.820. The molecule has 1 aromatic rings. The fourth-order valence-corrected chi connectivity index (χ4v) is 1.42. The smallest absolute Gasteiger partial charge is 0.276 e. The molecule has 0 amide bonds. The molecule has 1 N–H and O–H groups in total. The Balaban J connectivity index is 2.30. The first-order valence-corrected chi connectivity index (χ1v) is 6.23. The van der Waals surface area contributed by atoms with Gasteiger partial charge in [0.25, 0.3) is 7.48 Å². The molecule has 0 fully saturated rings. The summed E-state index contributed by atoms with van der Waals surface area (Å²) in [6.45, 7) is 7.42. The predicted molar refractivity (Wildman–Crippen MR) is 73.6 cm³/mol.